The Bertz CT molecular complexity index is 1170. The Kier molecular flexibility index (Phi) is 4.63. The maximum absolute atomic E-state index is 9.74. The number of pyridine rings is 1. The number of aromatic hydroxyl groups is 1. The molecule has 0 amide bonds. The highest BCUT2D eigenvalue weighted by Gasteiger charge is 2.06. The number of phenols is 1. The Labute approximate surface area is 161 Å². The van der Waals surface area contributed by atoms with Crippen molar-refractivity contribution in [1.82, 2.24) is 10.4 Å². The summed E-state index contributed by atoms with van der Waals surface area (Å²) < 4.78 is 0. The molecule has 0 radical (unpaired) electrons. The molecule has 0 aliphatic rings. The summed E-state index contributed by atoms with van der Waals surface area (Å²) in [7, 11) is 0. The van der Waals surface area contributed by atoms with Crippen LogP contribution in [0, 0.1) is 0 Å². The number of rotatable bonds is 3. The number of thiocarbonyl (C=S) groups is 1. The smallest absolute Gasteiger partial charge is 0.191 e. The van der Waals surface area contributed by atoms with Crippen LogP contribution in [0.3, 0.4) is 0 Å². The highest BCUT2D eigenvalue weighted by Crippen LogP contribution is 2.25. The third-order valence-electron chi connectivity index (χ3n) is 4.10. The van der Waals surface area contributed by atoms with Gasteiger partial charge in [-0.25, -0.2) is 4.98 Å². The van der Waals surface area contributed by atoms with Gasteiger partial charge < -0.3 is 10.4 Å². The largest absolute Gasteiger partial charge is 0.507 e. The monoisotopic (exact) mass is 372 g/mol. The lowest BCUT2D eigenvalue weighted by molar-refractivity contribution is 0.474. The lowest BCUT2D eigenvalue weighted by Gasteiger charge is -2.10. The number of fused-ring (bicyclic) bond motifs is 2. The molecule has 6 heteroatoms. The lowest BCUT2D eigenvalue weighted by atomic mass is 10.1. The summed E-state index contributed by atoms with van der Waals surface area (Å²) >= 11 is 5.32. The van der Waals surface area contributed by atoms with E-state index in [2.05, 4.69) is 21.9 Å². The van der Waals surface area contributed by atoms with Crippen molar-refractivity contribution in [2.45, 2.75) is 0 Å². The van der Waals surface area contributed by atoms with E-state index in [-0.39, 0.29) is 5.75 Å². The van der Waals surface area contributed by atoms with Gasteiger partial charge in [-0.3, -0.25) is 5.43 Å². The fourth-order valence-corrected chi connectivity index (χ4v) is 2.97. The van der Waals surface area contributed by atoms with Crippen molar-refractivity contribution in [3.8, 4) is 5.75 Å². The molecule has 0 unspecified atom stereocenters. The van der Waals surface area contributed by atoms with Crippen molar-refractivity contribution in [3.63, 3.8) is 0 Å². The van der Waals surface area contributed by atoms with Crippen LogP contribution < -0.4 is 10.7 Å². The van der Waals surface area contributed by atoms with E-state index in [0.29, 0.717) is 10.7 Å². The normalized spacial score (nSPS) is 11.1. The van der Waals surface area contributed by atoms with Crippen LogP contribution in [-0.2, 0) is 0 Å². The summed E-state index contributed by atoms with van der Waals surface area (Å²) in [6, 6.07) is 22.9. The Balaban J connectivity index is 1.55. The van der Waals surface area contributed by atoms with Gasteiger partial charge >= 0.3 is 0 Å². The first-order chi connectivity index (χ1) is 13.2. The molecule has 0 saturated heterocycles. The second-order valence-electron chi connectivity index (χ2n) is 5.94. The molecule has 4 rings (SSSR count). The zero-order valence-corrected chi connectivity index (χ0v) is 15.1. The van der Waals surface area contributed by atoms with Gasteiger partial charge in [-0.05, 0) is 42.5 Å². The van der Waals surface area contributed by atoms with E-state index in [1.165, 1.54) is 6.21 Å². The van der Waals surface area contributed by atoms with Crippen molar-refractivity contribution in [2.75, 3.05) is 5.32 Å². The SMILES string of the molecule is Oc1ccccc1C=NNC(=S)Nc1cccc2cc3ccccc3nc12. The van der Waals surface area contributed by atoms with Crippen LogP contribution in [0.15, 0.2) is 77.9 Å². The van der Waals surface area contributed by atoms with Crippen molar-refractivity contribution in [3.05, 3.63) is 78.4 Å². The van der Waals surface area contributed by atoms with E-state index in [4.69, 9.17) is 17.2 Å². The first-order valence-corrected chi connectivity index (χ1v) is 8.78. The lowest BCUT2D eigenvalue weighted by Crippen LogP contribution is -2.24. The Hall–Kier alpha value is -3.51. The fraction of sp³-hybridized carbons (Fsp3) is 0. The minimum absolute atomic E-state index is 0.159. The number of hydrogen-bond acceptors (Lipinski definition) is 4. The summed E-state index contributed by atoms with van der Waals surface area (Å²) in [5.74, 6) is 0.159. The van der Waals surface area contributed by atoms with Crippen LogP contribution in [-0.4, -0.2) is 21.4 Å². The average Bonchev–Trinajstić information content (AvgIpc) is 2.68. The van der Waals surface area contributed by atoms with E-state index in [1.54, 1.807) is 18.2 Å². The van der Waals surface area contributed by atoms with Gasteiger partial charge in [-0.15, -0.1) is 0 Å². The van der Waals surface area contributed by atoms with Gasteiger partial charge in [0.1, 0.15) is 5.75 Å². The Morgan fingerprint density at radius 2 is 1.74 bits per heavy atom. The van der Waals surface area contributed by atoms with Crippen LogP contribution in [0.1, 0.15) is 5.56 Å². The predicted octanol–water partition coefficient (Wildman–Crippen LogP) is 4.41. The number of hydrazone groups is 1. The number of para-hydroxylation sites is 3. The van der Waals surface area contributed by atoms with E-state index < -0.39 is 0 Å². The topological polar surface area (TPSA) is 69.5 Å². The van der Waals surface area contributed by atoms with E-state index in [9.17, 15) is 5.11 Å². The number of nitrogens with zero attached hydrogens (tertiary/aromatic N) is 2. The standard InChI is InChI=1S/C21H16N4OS/c26-19-11-4-2-7-16(19)13-22-25-21(27)24-18-10-5-8-15-12-14-6-1-3-9-17(14)23-20(15)18/h1-13,26H,(H2,24,25,27). The van der Waals surface area contributed by atoms with Crippen LogP contribution in [0.4, 0.5) is 5.69 Å². The summed E-state index contributed by atoms with van der Waals surface area (Å²) in [6.45, 7) is 0. The molecule has 132 valence electrons. The number of benzene rings is 3. The number of nitrogens with one attached hydrogen (secondary N) is 2. The number of hydrogen-bond donors (Lipinski definition) is 3. The molecule has 0 saturated carbocycles. The van der Waals surface area contributed by atoms with Crippen LogP contribution in [0.2, 0.25) is 0 Å². The number of aromatic nitrogens is 1. The zero-order valence-electron chi connectivity index (χ0n) is 14.3. The Morgan fingerprint density at radius 1 is 0.963 bits per heavy atom. The number of phenolic OH excluding ortho intramolecular Hbond substituents is 1. The van der Waals surface area contributed by atoms with E-state index in [1.807, 2.05) is 48.5 Å². The molecule has 0 bridgehead atoms. The summed E-state index contributed by atoms with van der Waals surface area (Å²) in [4.78, 5) is 4.75. The van der Waals surface area contributed by atoms with Gasteiger partial charge in [0.25, 0.3) is 0 Å². The molecular weight excluding hydrogens is 356 g/mol. The average molecular weight is 372 g/mol. The molecule has 0 fully saturated rings. The minimum atomic E-state index is 0.159. The molecule has 0 spiro atoms. The summed E-state index contributed by atoms with van der Waals surface area (Å²) in [5, 5.41) is 19.4. The first kappa shape index (κ1) is 16.9. The molecule has 27 heavy (non-hydrogen) atoms. The summed E-state index contributed by atoms with van der Waals surface area (Å²) in [6.07, 6.45) is 1.51. The van der Waals surface area contributed by atoms with Gasteiger partial charge in [0.15, 0.2) is 5.11 Å². The quantitative estimate of drug-likeness (QED) is 0.215. The summed E-state index contributed by atoms with van der Waals surface area (Å²) in [5.41, 5.74) is 5.93. The van der Waals surface area contributed by atoms with Gasteiger partial charge in [0.2, 0.25) is 0 Å². The van der Waals surface area contributed by atoms with Crippen molar-refractivity contribution in [2.24, 2.45) is 5.10 Å². The van der Waals surface area contributed by atoms with Crippen molar-refractivity contribution in [1.29, 1.82) is 0 Å². The van der Waals surface area contributed by atoms with Crippen LogP contribution >= 0.6 is 12.2 Å². The third-order valence-corrected chi connectivity index (χ3v) is 4.30. The maximum atomic E-state index is 9.74. The highest BCUT2D eigenvalue weighted by molar-refractivity contribution is 7.80. The van der Waals surface area contributed by atoms with Gasteiger partial charge in [-0.2, -0.15) is 5.10 Å². The van der Waals surface area contributed by atoms with Gasteiger partial charge in [0, 0.05) is 16.3 Å². The number of anilines is 1. The van der Waals surface area contributed by atoms with Crippen LogP contribution in [0.5, 0.6) is 5.75 Å². The molecule has 0 aliphatic heterocycles. The fourth-order valence-electron chi connectivity index (χ4n) is 2.81. The van der Waals surface area contributed by atoms with E-state index >= 15 is 0 Å². The highest BCUT2D eigenvalue weighted by atomic mass is 32.1. The van der Waals surface area contributed by atoms with Crippen molar-refractivity contribution >= 4 is 51.0 Å². The molecule has 1 aromatic heterocycles. The maximum Gasteiger partial charge on any atom is 0.191 e. The molecule has 4 aromatic rings. The predicted molar refractivity (Wildman–Crippen MR) is 114 cm³/mol. The van der Waals surface area contributed by atoms with Crippen LogP contribution in [0.25, 0.3) is 21.8 Å². The Morgan fingerprint density at radius 3 is 2.63 bits per heavy atom. The van der Waals surface area contributed by atoms with Gasteiger partial charge in [0.05, 0.1) is 22.9 Å². The molecule has 3 aromatic carbocycles. The molecule has 1 heterocycles. The van der Waals surface area contributed by atoms with Gasteiger partial charge in [-0.1, -0.05) is 42.5 Å². The third kappa shape index (κ3) is 3.70. The minimum Gasteiger partial charge on any atom is -0.507 e. The van der Waals surface area contributed by atoms with Crippen molar-refractivity contribution < 1.29 is 5.11 Å². The molecular formula is C21H16N4OS. The molecule has 5 nitrogen and oxygen atoms in total. The second-order valence-corrected chi connectivity index (χ2v) is 6.35. The molecule has 3 N–H and O–H groups in total. The molecule has 0 atom stereocenters. The first-order valence-electron chi connectivity index (χ1n) is 8.37. The molecule has 0 aliphatic carbocycles. The van der Waals surface area contributed by atoms with E-state index in [0.717, 1.165) is 27.5 Å². The second kappa shape index (κ2) is 7.39. The zero-order chi connectivity index (χ0) is 18.6.